The molecule has 0 fully saturated rings. The number of aromatic nitrogens is 1. The van der Waals surface area contributed by atoms with Crippen molar-refractivity contribution in [3.05, 3.63) is 16.6 Å². The standard InChI is InChI=1S/C11H21N3S/c1-4-5-11(3,12)8-14-9(2)10-13-6-7-15-10/h6-7,9,14H,4-5,8,12H2,1-3H3. The molecule has 15 heavy (non-hydrogen) atoms. The summed E-state index contributed by atoms with van der Waals surface area (Å²) in [4.78, 5) is 4.28. The van der Waals surface area contributed by atoms with Crippen molar-refractivity contribution in [1.82, 2.24) is 10.3 Å². The van der Waals surface area contributed by atoms with Crippen molar-refractivity contribution in [3.63, 3.8) is 0 Å². The van der Waals surface area contributed by atoms with Crippen LogP contribution in [0.3, 0.4) is 0 Å². The van der Waals surface area contributed by atoms with Gasteiger partial charge < -0.3 is 11.1 Å². The van der Waals surface area contributed by atoms with Gasteiger partial charge in [0.1, 0.15) is 5.01 Å². The maximum absolute atomic E-state index is 6.15. The average molecular weight is 227 g/mol. The van der Waals surface area contributed by atoms with Gasteiger partial charge in [-0.1, -0.05) is 13.3 Å². The van der Waals surface area contributed by atoms with Gasteiger partial charge in [0.05, 0.1) is 6.04 Å². The highest BCUT2D eigenvalue weighted by Crippen LogP contribution is 2.16. The molecule has 1 aromatic heterocycles. The molecule has 0 aliphatic heterocycles. The van der Waals surface area contributed by atoms with Gasteiger partial charge >= 0.3 is 0 Å². The Morgan fingerprint density at radius 3 is 2.93 bits per heavy atom. The van der Waals surface area contributed by atoms with Gasteiger partial charge in [-0.15, -0.1) is 11.3 Å². The highest BCUT2D eigenvalue weighted by atomic mass is 32.1. The Hall–Kier alpha value is -0.450. The molecule has 3 nitrogen and oxygen atoms in total. The van der Waals surface area contributed by atoms with E-state index >= 15 is 0 Å². The summed E-state index contributed by atoms with van der Waals surface area (Å²) in [5, 5.41) is 6.56. The summed E-state index contributed by atoms with van der Waals surface area (Å²) in [7, 11) is 0. The van der Waals surface area contributed by atoms with Crippen LogP contribution in [0.5, 0.6) is 0 Å². The molecule has 0 radical (unpaired) electrons. The number of hydrogen-bond donors (Lipinski definition) is 2. The molecular formula is C11H21N3S. The minimum Gasteiger partial charge on any atom is -0.324 e. The van der Waals surface area contributed by atoms with Crippen LogP contribution < -0.4 is 11.1 Å². The highest BCUT2D eigenvalue weighted by Gasteiger charge is 2.18. The minimum atomic E-state index is -0.111. The number of nitrogens with one attached hydrogen (secondary N) is 1. The van der Waals surface area contributed by atoms with Crippen LogP contribution in [0.4, 0.5) is 0 Å². The predicted octanol–water partition coefficient (Wildman–Crippen LogP) is 2.31. The molecule has 0 aliphatic carbocycles. The molecule has 0 saturated carbocycles. The maximum Gasteiger partial charge on any atom is 0.109 e. The smallest absolute Gasteiger partial charge is 0.109 e. The van der Waals surface area contributed by atoms with E-state index < -0.39 is 0 Å². The lowest BCUT2D eigenvalue weighted by molar-refractivity contribution is 0.377. The average Bonchev–Trinajstić information content (AvgIpc) is 2.67. The predicted molar refractivity (Wildman–Crippen MR) is 66.0 cm³/mol. The summed E-state index contributed by atoms with van der Waals surface area (Å²) in [5.41, 5.74) is 6.04. The van der Waals surface area contributed by atoms with Crippen molar-refractivity contribution in [2.45, 2.75) is 45.2 Å². The summed E-state index contributed by atoms with van der Waals surface area (Å²) in [6.45, 7) is 7.22. The molecule has 86 valence electrons. The first-order chi connectivity index (χ1) is 7.05. The van der Waals surface area contributed by atoms with Gasteiger partial charge in [-0.2, -0.15) is 0 Å². The van der Waals surface area contributed by atoms with Crippen LogP contribution >= 0.6 is 11.3 Å². The van der Waals surface area contributed by atoms with Crippen LogP contribution in [0.25, 0.3) is 0 Å². The van der Waals surface area contributed by atoms with E-state index in [0.717, 1.165) is 24.4 Å². The number of thiazole rings is 1. The molecule has 1 rings (SSSR count). The van der Waals surface area contributed by atoms with Gasteiger partial charge in [-0.25, -0.2) is 4.98 Å². The fourth-order valence-corrected chi connectivity index (χ4v) is 2.25. The Morgan fingerprint density at radius 2 is 2.40 bits per heavy atom. The fourth-order valence-electron chi connectivity index (χ4n) is 1.58. The monoisotopic (exact) mass is 227 g/mol. The van der Waals surface area contributed by atoms with Crippen molar-refractivity contribution in [3.8, 4) is 0 Å². The van der Waals surface area contributed by atoms with Crippen molar-refractivity contribution in [1.29, 1.82) is 0 Å². The quantitative estimate of drug-likeness (QED) is 0.784. The topological polar surface area (TPSA) is 50.9 Å². The van der Waals surface area contributed by atoms with Gasteiger partial charge in [0.15, 0.2) is 0 Å². The van der Waals surface area contributed by atoms with E-state index in [1.807, 2.05) is 11.6 Å². The van der Waals surface area contributed by atoms with Crippen molar-refractivity contribution in [2.24, 2.45) is 5.73 Å². The Kier molecular flexibility index (Phi) is 4.70. The van der Waals surface area contributed by atoms with Crippen molar-refractivity contribution < 1.29 is 0 Å². The second-order valence-electron chi connectivity index (χ2n) is 4.38. The van der Waals surface area contributed by atoms with Crippen LogP contribution in [0.2, 0.25) is 0 Å². The maximum atomic E-state index is 6.15. The molecule has 0 amide bonds. The first-order valence-electron chi connectivity index (χ1n) is 5.47. The molecule has 3 N–H and O–H groups in total. The molecular weight excluding hydrogens is 206 g/mol. The van der Waals surface area contributed by atoms with Gasteiger partial charge in [0, 0.05) is 23.7 Å². The zero-order valence-electron chi connectivity index (χ0n) is 9.79. The fraction of sp³-hybridized carbons (Fsp3) is 0.727. The molecule has 0 aromatic carbocycles. The molecule has 0 aliphatic rings. The zero-order valence-corrected chi connectivity index (χ0v) is 10.6. The number of hydrogen-bond acceptors (Lipinski definition) is 4. The molecule has 1 aromatic rings. The molecule has 1 heterocycles. The number of nitrogens with zero attached hydrogens (tertiary/aromatic N) is 1. The lowest BCUT2D eigenvalue weighted by Gasteiger charge is -2.26. The molecule has 2 unspecified atom stereocenters. The normalized spacial score (nSPS) is 17.3. The van der Waals surface area contributed by atoms with E-state index in [1.165, 1.54) is 0 Å². The van der Waals surface area contributed by atoms with Crippen molar-refractivity contribution in [2.75, 3.05) is 6.54 Å². The number of nitrogens with two attached hydrogens (primary N) is 1. The van der Waals surface area contributed by atoms with Crippen LogP contribution in [-0.4, -0.2) is 17.1 Å². The van der Waals surface area contributed by atoms with Gasteiger partial charge in [-0.05, 0) is 20.3 Å². The van der Waals surface area contributed by atoms with Crippen LogP contribution in [0.1, 0.15) is 44.7 Å². The Labute approximate surface area is 96.1 Å². The largest absolute Gasteiger partial charge is 0.324 e. The summed E-state index contributed by atoms with van der Waals surface area (Å²) in [5.74, 6) is 0. The number of rotatable bonds is 6. The van der Waals surface area contributed by atoms with Gasteiger partial charge in [0.2, 0.25) is 0 Å². The Morgan fingerprint density at radius 1 is 1.67 bits per heavy atom. The molecule has 0 spiro atoms. The Bertz CT molecular complexity index is 269. The second kappa shape index (κ2) is 5.58. The highest BCUT2D eigenvalue weighted by molar-refractivity contribution is 7.09. The van der Waals surface area contributed by atoms with Gasteiger partial charge in [-0.3, -0.25) is 0 Å². The van der Waals surface area contributed by atoms with Crippen LogP contribution in [-0.2, 0) is 0 Å². The minimum absolute atomic E-state index is 0.111. The van der Waals surface area contributed by atoms with E-state index in [2.05, 4.69) is 31.1 Å². The third-order valence-corrected chi connectivity index (χ3v) is 3.41. The summed E-state index contributed by atoms with van der Waals surface area (Å²) in [6, 6.07) is 0.296. The zero-order chi connectivity index (χ0) is 11.3. The van der Waals surface area contributed by atoms with Gasteiger partial charge in [0.25, 0.3) is 0 Å². The molecule has 4 heteroatoms. The molecule has 0 saturated heterocycles. The SMILES string of the molecule is CCCC(C)(N)CNC(C)c1nccs1. The van der Waals surface area contributed by atoms with E-state index in [1.54, 1.807) is 11.3 Å². The van der Waals surface area contributed by atoms with Crippen molar-refractivity contribution >= 4 is 11.3 Å². The molecule has 0 bridgehead atoms. The Balaban J connectivity index is 2.37. The summed E-state index contributed by atoms with van der Waals surface area (Å²) in [6.07, 6.45) is 4.01. The van der Waals surface area contributed by atoms with E-state index in [9.17, 15) is 0 Å². The molecule has 2 atom stereocenters. The van der Waals surface area contributed by atoms with Crippen LogP contribution in [0, 0.1) is 0 Å². The van der Waals surface area contributed by atoms with E-state index in [4.69, 9.17) is 5.73 Å². The third-order valence-electron chi connectivity index (χ3n) is 2.46. The lowest BCUT2D eigenvalue weighted by Crippen LogP contribution is -2.46. The first-order valence-corrected chi connectivity index (χ1v) is 6.35. The van der Waals surface area contributed by atoms with E-state index in [0.29, 0.717) is 6.04 Å². The lowest BCUT2D eigenvalue weighted by atomic mass is 9.97. The second-order valence-corrected chi connectivity index (χ2v) is 5.30. The summed E-state index contributed by atoms with van der Waals surface area (Å²) >= 11 is 1.68. The summed E-state index contributed by atoms with van der Waals surface area (Å²) < 4.78 is 0. The first kappa shape index (κ1) is 12.6. The third kappa shape index (κ3) is 4.28. The van der Waals surface area contributed by atoms with Crippen LogP contribution in [0.15, 0.2) is 11.6 Å². The van der Waals surface area contributed by atoms with E-state index in [-0.39, 0.29) is 5.54 Å².